The Kier molecular flexibility index (Phi) is 17.4. The lowest BCUT2D eigenvalue weighted by Crippen LogP contribution is -1.80. The monoisotopic (exact) mass is 287 g/mol. The lowest BCUT2D eigenvalue weighted by molar-refractivity contribution is 0.564. The highest BCUT2D eigenvalue weighted by molar-refractivity contribution is 5.66. The van der Waals surface area contributed by atoms with Crippen molar-refractivity contribution in [2.24, 2.45) is 0 Å². The Bertz CT molecular complexity index is 321. The van der Waals surface area contributed by atoms with Gasteiger partial charge in [0.15, 0.2) is 0 Å². The van der Waals surface area contributed by atoms with E-state index in [1.54, 1.807) is 12.4 Å². The molecule has 0 rings (SSSR count). The Morgan fingerprint density at radius 2 is 1.19 bits per heavy atom. The Hall–Kier alpha value is -1.37. The maximum absolute atomic E-state index is 9.89. The Morgan fingerprint density at radius 1 is 0.667 bits per heavy atom. The minimum Gasteiger partial charge on any atom is -0.286 e. The quantitative estimate of drug-likeness (QED) is 0.210. The van der Waals surface area contributed by atoms with Gasteiger partial charge < -0.3 is 0 Å². The highest BCUT2D eigenvalue weighted by Crippen LogP contribution is 2.10. The molecule has 0 aromatic rings. The van der Waals surface area contributed by atoms with Crippen molar-refractivity contribution in [1.29, 1.82) is 0 Å². The highest BCUT2D eigenvalue weighted by Gasteiger charge is 1.90. The first-order valence-corrected chi connectivity index (χ1v) is 8.44. The van der Waals surface area contributed by atoms with Crippen molar-refractivity contribution in [3.63, 3.8) is 0 Å². The number of hydrogen-bond donors (Lipinski definition) is 0. The first-order valence-electron chi connectivity index (χ1n) is 8.44. The molecule has 21 heavy (non-hydrogen) atoms. The van der Waals surface area contributed by atoms with E-state index < -0.39 is 0 Å². The van der Waals surface area contributed by atoms with Crippen molar-refractivity contribution in [2.75, 3.05) is 0 Å². The van der Waals surface area contributed by atoms with Gasteiger partial charge in [-0.1, -0.05) is 101 Å². The Balaban J connectivity index is 3.28. The summed E-state index contributed by atoms with van der Waals surface area (Å²) in [6.07, 6.45) is 30.3. The standard InChI is InChI=1S/C20H31O/c1-2-3-4-5-6-7-8-9-10-11-12-13-14-15-16-17-18-19-20-21/h12-19H,2-11H2,1H3. The number of carbonyl (C=O) groups excluding carboxylic acids is 1. The predicted octanol–water partition coefficient (Wildman–Crippen LogP) is 6.24. The highest BCUT2D eigenvalue weighted by atomic mass is 16.1. The summed E-state index contributed by atoms with van der Waals surface area (Å²) >= 11 is 0. The zero-order valence-corrected chi connectivity index (χ0v) is 13.6. The van der Waals surface area contributed by atoms with Gasteiger partial charge in [0.2, 0.25) is 6.29 Å². The molecule has 0 saturated carbocycles. The summed E-state index contributed by atoms with van der Waals surface area (Å²) in [7, 11) is 0. The molecule has 0 fully saturated rings. The SMILES string of the molecule is CCCCCCCCCCCC=CC=CC=CC=C[C]=O. The van der Waals surface area contributed by atoms with Crippen LogP contribution in [-0.4, -0.2) is 6.29 Å². The Labute approximate surface area is 131 Å². The van der Waals surface area contributed by atoms with Crippen LogP contribution in [0.3, 0.4) is 0 Å². The van der Waals surface area contributed by atoms with E-state index in [-0.39, 0.29) is 0 Å². The van der Waals surface area contributed by atoms with Crippen LogP contribution in [0.15, 0.2) is 48.6 Å². The summed E-state index contributed by atoms with van der Waals surface area (Å²) in [6, 6.07) is 0. The van der Waals surface area contributed by atoms with E-state index in [9.17, 15) is 4.79 Å². The van der Waals surface area contributed by atoms with Gasteiger partial charge in [0.25, 0.3) is 0 Å². The van der Waals surface area contributed by atoms with Crippen molar-refractivity contribution >= 4 is 6.29 Å². The lowest BCUT2D eigenvalue weighted by atomic mass is 10.1. The average Bonchev–Trinajstić information content (AvgIpc) is 2.50. The number of hydrogen-bond acceptors (Lipinski definition) is 1. The van der Waals surface area contributed by atoms with Crippen molar-refractivity contribution in [3.8, 4) is 0 Å². The molecule has 0 N–H and O–H groups in total. The van der Waals surface area contributed by atoms with Gasteiger partial charge in [-0.3, -0.25) is 4.79 Å². The third-order valence-corrected chi connectivity index (χ3v) is 3.33. The summed E-state index contributed by atoms with van der Waals surface area (Å²) in [5.41, 5.74) is 0. The summed E-state index contributed by atoms with van der Waals surface area (Å²) in [4.78, 5) is 9.89. The van der Waals surface area contributed by atoms with Gasteiger partial charge in [0, 0.05) is 0 Å². The zero-order chi connectivity index (χ0) is 15.4. The molecule has 0 aliphatic carbocycles. The topological polar surface area (TPSA) is 17.1 Å². The van der Waals surface area contributed by atoms with Crippen LogP contribution in [0.2, 0.25) is 0 Å². The first kappa shape index (κ1) is 19.6. The van der Waals surface area contributed by atoms with Gasteiger partial charge in [-0.15, -0.1) is 0 Å². The minimum atomic E-state index is 1.17. The number of allylic oxidation sites excluding steroid dienone is 8. The van der Waals surface area contributed by atoms with E-state index in [1.165, 1.54) is 70.3 Å². The molecule has 0 bridgehead atoms. The maximum atomic E-state index is 9.89. The molecule has 0 aromatic carbocycles. The molecule has 0 atom stereocenters. The van der Waals surface area contributed by atoms with E-state index in [2.05, 4.69) is 19.1 Å². The fraction of sp³-hybridized carbons (Fsp3) is 0.550. The van der Waals surface area contributed by atoms with Crippen LogP contribution in [0, 0.1) is 0 Å². The van der Waals surface area contributed by atoms with Crippen molar-refractivity contribution < 1.29 is 4.79 Å². The van der Waals surface area contributed by atoms with Crippen LogP contribution in [0.5, 0.6) is 0 Å². The molecule has 0 amide bonds. The molecular weight excluding hydrogens is 256 g/mol. The second kappa shape index (κ2) is 18.6. The second-order valence-corrected chi connectivity index (χ2v) is 5.29. The van der Waals surface area contributed by atoms with Gasteiger partial charge in [0.1, 0.15) is 0 Å². The molecule has 1 heteroatoms. The molecule has 0 aliphatic heterocycles. The molecule has 1 radical (unpaired) electrons. The largest absolute Gasteiger partial charge is 0.286 e. The molecule has 0 saturated heterocycles. The minimum absolute atomic E-state index is 1.17. The van der Waals surface area contributed by atoms with E-state index >= 15 is 0 Å². The first-order chi connectivity index (χ1) is 10.4. The Morgan fingerprint density at radius 3 is 1.81 bits per heavy atom. The summed E-state index contributed by atoms with van der Waals surface area (Å²) in [5.74, 6) is 0. The molecule has 0 spiro atoms. The van der Waals surface area contributed by atoms with Crippen LogP contribution >= 0.6 is 0 Å². The fourth-order valence-electron chi connectivity index (χ4n) is 2.10. The maximum Gasteiger partial charge on any atom is 0.225 e. The summed E-state index contributed by atoms with van der Waals surface area (Å²) in [5, 5.41) is 0. The molecule has 0 unspecified atom stereocenters. The van der Waals surface area contributed by atoms with Crippen LogP contribution in [0.4, 0.5) is 0 Å². The van der Waals surface area contributed by atoms with E-state index in [0.29, 0.717) is 0 Å². The van der Waals surface area contributed by atoms with Gasteiger partial charge in [0.05, 0.1) is 0 Å². The summed E-state index contributed by atoms with van der Waals surface area (Å²) in [6.45, 7) is 2.27. The third-order valence-electron chi connectivity index (χ3n) is 3.33. The molecule has 0 aliphatic rings. The zero-order valence-electron chi connectivity index (χ0n) is 13.6. The molecule has 0 heterocycles. The predicted molar refractivity (Wildman–Crippen MR) is 94.1 cm³/mol. The van der Waals surface area contributed by atoms with Crippen molar-refractivity contribution in [3.05, 3.63) is 48.6 Å². The molecule has 0 aromatic heterocycles. The van der Waals surface area contributed by atoms with E-state index in [0.717, 1.165) is 0 Å². The van der Waals surface area contributed by atoms with Crippen LogP contribution in [0.25, 0.3) is 0 Å². The third kappa shape index (κ3) is 18.6. The van der Waals surface area contributed by atoms with Crippen molar-refractivity contribution in [1.82, 2.24) is 0 Å². The van der Waals surface area contributed by atoms with Gasteiger partial charge >= 0.3 is 0 Å². The smallest absolute Gasteiger partial charge is 0.225 e. The lowest BCUT2D eigenvalue weighted by Gasteiger charge is -2.00. The second-order valence-electron chi connectivity index (χ2n) is 5.29. The van der Waals surface area contributed by atoms with Gasteiger partial charge in [-0.05, 0) is 18.9 Å². The van der Waals surface area contributed by atoms with Crippen LogP contribution in [-0.2, 0) is 4.79 Å². The van der Waals surface area contributed by atoms with Gasteiger partial charge in [-0.2, -0.15) is 0 Å². The van der Waals surface area contributed by atoms with Crippen molar-refractivity contribution in [2.45, 2.75) is 71.1 Å². The van der Waals surface area contributed by atoms with E-state index in [1.807, 2.05) is 24.3 Å². The average molecular weight is 287 g/mol. The van der Waals surface area contributed by atoms with Crippen LogP contribution in [0.1, 0.15) is 71.1 Å². The number of unbranched alkanes of at least 4 members (excludes halogenated alkanes) is 9. The van der Waals surface area contributed by atoms with Gasteiger partial charge in [-0.25, -0.2) is 0 Å². The molecule has 1 nitrogen and oxygen atoms in total. The normalized spacial score (nSPS) is 12.4. The fourth-order valence-corrected chi connectivity index (χ4v) is 2.10. The van der Waals surface area contributed by atoms with Crippen LogP contribution < -0.4 is 0 Å². The molecular formula is C20H31O. The number of rotatable bonds is 14. The summed E-state index contributed by atoms with van der Waals surface area (Å²) < 4.78 is 0. The molecule has 117 valence electrons. The van der Waals surface area contributed by atoms with E-state index in [4.69, 9.17) is 0 Å².